The van der Waals surface area contributed by atoms with Crippen molar-refractivity contribution in [2.45, 2.75) is 31.2 Å². The first-order chi connectivity index (χ1) is 7.22. The Balaban J connectivity index is 2.25. The van der Waals surface area contributed by atoms with E-state index in [4.69, 9.17) is 11.6 Å². The van der Waals surface area contributed by atoms with E-state index in [0.717, 1.165) is 15.9 Å². The topological polar surface area (TPSA) is 16.1 Å². The van der Waals surface area contributed by atoms with E-state index in [9.17, 15) is 0 Å². The van der Waals surface area contributed by atoms with Crippen molar-refractivity contribution in [2.75, 3.05) is 11.9 Å². The zero-order valence-electron chi connectivity index (χ0n) is 8.71. The summed E-state index contributed by atoms with van der Waals surface area (Å²) < 4.78 is 0.990. The van der Waals surface area contributed by atoms with E-state index in [0.29, 0.717) is 11.9 Å². The van der Waals surface area contributed by atoms with Crippen molar-refractivity contribution < 1.29 is 0 Å². The summed E-state index contributed by atoms with van der Waals surface area (Å²) in [6.45, 7) is 0. The lowest BCUT2D eigenvalue weighted by Crippen LogP contribution is -2.38. The minimum atomic E-state index is 0.513. The van der Waals surface area contributed by atoms with Crippen LogP contribution in [0, 0.1) is 0 Å². The molecule has 1 aromatic heterocycles. The fraction of sp³-hybridized carbons (Fsp3) is 0.545. The lowest BCUT2D eigenvalue weighted by Gasteiger charge is -2.36. The molecule has 1 fully saturated rings. The number of hydrogen-bond acceptors (Lipinski definition) is 2. The van der Waals surface area contributed by atoms with Crippen LogP contribution in [-0.4, -0.2) is 18.1 Å². The van der Waals surface area contributed by atoms with Gasteiger partial charge in [-0.1, -0.05) is 0 Å². The Labute approximate surface area is 104 Å². The predicted octanol–water partition coefficient (Wildman–Crippen LogP) is 3.57. The molecule has 0 bridgehead atoms. The van der Waals surface area contributed by atoms with Crippen LogP contribution >= 0.6 is 27.5 Å². The number of pyridine rings is 1. The monoisotopic (exact) mass is 288 g/mol. The lowest BCUT2D eigenvalue weighted by atomic mass is 9.92. The smallest absolute Gasteiger partial charge is 0.133 e. The molecule has 1 aromatic rings. The molecule has 0 spiro atoms. The van der Waals surface area contributed by atoms with Crippen LogP contribution in [0.2, 0.25) is 0 Å². The van der Waals surface area contributed by atoms with E-state index in [1.165, 1.54) is 19.3 Å². The number of halogens is 2. The van der Waals surface area contributed by atoms with Gasteiger partial charge in [-0.2, -0.15) is 0 Å². The van der Waals surface area contributed by atoms with Gasteiger partial charge in [0.25, 0.3) is 0 Å². The molecule has 0 amide bonds. The van der Waals surface area contributed by atoms with Crippen LogP contribution in [0.4, 0.5) is 5.82 Å². The summed E-state index contributed by atoms with van der Waals surface area (Å²) in [4.78, 5) is 6.70. The Morgan fingerprint density at radius 2 is 2.33 bits per heavy atom. The minimum absolute atomic E-state index is 0.513. The zero-order valence-corrected chi connectivity index (χ0v) is 11.1. The maximum Gasteiger partial charge on any atom is 0.133 e. The van der Waals surface area contributed by atoms with Gasteiger partial charge < -0.3 is 4.90 Å². The summed E-state index contributed by atoms with van der Waals surface area (Å²) in [6, 6.07) is 2.70. The van der Waals surface area contributed by atoms with E-state index in [2.05, 4.69) is 32.9 Å². The van der Waals surface area contributed by atoms with E-state index >= 15 is 0 Å². The highest BCUT2D eigenvalue weighted by Crippen LogP contribution is 2.30. The minimum Gasteiger partial charge on any atom is -0.356 e. The van der Waals surface area contributed by atoms with Crippen LogP contribution in [0.5, 0.6) is 0 Å². The lowest BCUT2D eigenvalue weighted by molar-refractivity contribution is 0.399. The molecule has 0 saturated heterocycles. The molecule has 1 heterocycles. The molecule has 1 aliphatic carbocycles. The van der Waals surface area contributed by atoms with Crippen molar-refractivity contribution in [3.8, 4) is 0 Å². The van der Waals surface area contributed by atoms with Crippen LogP contribution < -0.4 is 4.90 Å². The fourth-order valence-corrected chi connectivity index (χ4v) is 2.41. The standard InChI is InChI=1S/C11H14BrClN2/c1-15(10-3-2-4-10)11-8(6-13)5-9(12)7-14-11/h5,7,10H,2-4,6H2,1H3. The highest BCUT2D eigenvalue weighted by molar-refractivity contribution is 9.10. The summed E-state index contributed by atoms with van der Waals surface area (Å²) in [5, 5.41) is 0. The Morgan fingerprint density at radius 3 is 2.87 bits per heavy atom. The molecule has 0 atom stereocenters. The first-order valence-electron chi connectivity index (χ1n) is 5.15. The van der Waals surface area contributed by atoms with Crippen molar-refractivity contribution in [2.24, 2.45) is 0 Å². The van der Waals surface area contributed by atoms with Crippen molar-refractivity contribution in [1.29, 1.82) is 0 Å². The number of hydrogen-bond donors (Lipinski definition) is 0. The SMILES string of the molecule is CN(c1ncc(Br)cc1CCl)C1CCC1. The average molecular weight is 290 g/mol. The number of anilines is 1. The van der Waals surface area contributed by atoms with E-state index < -0.39 is 0 Å². The summed E-state index contributed by atoms with van der Waals surface area (Å²) in [7, 11) is 2.11. The van der Waals surface area contributed by atoms with Gasteiger partial charge in [0.15, 0.2) is 0 Å². The van der Waals surface area contributed by atoms with Gasteiger partial charge in [-0.3, -0.25) is 0 Å². The average Bonchev–Trinajstić information content (AvgIpc) is 2.14. The summed E-state index contributed by atoms with van der Waals surface area (Å²) in [5.74, 6) is 1.54. The summed E-state index contributed by atoms with van der Waals surface area (Å²) >= 11 is 9.34. The highest BCUT2D eigenvalue weighted by atomic mass is 79.9. The van der Waals surface area contributed by atoms with Crippen molar-refractivity contribution in [3.05, 3.63) is 22.3 Å². The number of rotatable bonds is 3. The van der Waals surface area contributed by atoms with Crippen molar-refractivity contribution in [1.82, 2.24) is 4.98 Å². The van der Waals surface area contributed by atoms with E-state index in [1.54, 1.807) is 0 Å². The quantitative estimate of drug-likeness (QED) is 0.791. The molecule has 0 radical (unpaired) electrons. The van der Waals surface area contributed by atoms with Crippen LogP contribution in [-0.2, 0) is 5.88 Å². The maximum absolute atomic E-state index is 5.93. The molecule has 0 aliphatic heterocycles. The third kappa shape index (κ3) is 2.28. The van der Waals surface area contributed by atoms with Crippen molar-refractivity contribution in [3.63, 3.8) is 0 Å². The zero-order chi connectivity index (χ0) is 10.8. The second-order valence-corrected chi connectivity index (χ2v) is 5.15. The second-order valence-electron chi connectivity index (χ2n) is 3.97. The maximum atomic E-state index is 5.93. The van der Waals surface area contributed by atoms with Gasteiger partial charge in [0.05, 0.1) is 5.88 Å². The van der Waals surface area contributed by atoms with Gasteiger partial charge in [0.1, 0.15) is 5.82 Å². The van der Waals surface area contributed by atoms with Crippen LogP contribution in [0.15, 0.2) is 16.7 Å². The predicted molar refractivity (Wildman–Crippen MR) is 67.5 cm³/mol. The summed E-state index contributed by atoms with van der Waals surface area (Å²) in [6.07, 6.45) is 5.72. The highest BCUT2D eigenvalue weighted by Gasteiger charge is 2.24. The van der Waals surface area contributed by atoms with Gasteiger partial charge in [-0.25, -0.2) is 4.98 Å². The third-order valence-corrected chi connectivity index (χ3v) is 3.73. The molecule has 1 saturated carbocycles. The van der Waals surface area contributed by atoms with Gasteiger partial charge in [0.2, 0.25) is 0 Å². The molecule has 0 N–H and O–H groups in total. The molecule has 0 unspecified atom stereocenters. The molecule has 0 aromatic carbocycles. The Morgan fingerprint density at radius 1 is 1.60 bits per heavy atom. The normalized spacial score (nSPS) is 16.2. The van der Waals surface area contributed by atoms with Crippen LogP contribution in [0.1, 0.15) is 24.8 Å². The first-order valence-corrected chi connectivity index (χ1v) is 6.48. The molecule has 82 valence electrons. The van der Waals surface area contributed by atoms with Crippen LogP contribution in [0.3, 0.4) is 0 Å². The Hall–Kier alpha value is -0.280. The third-order valence-electron chi connectivity index (χ3n) is 3.01. The Bertz CT molecular complexity index is 352. The van der Waals surface area contributed by atoms with Crippen LogP contribution in [0.25, 0.3) is 0 Å². The molecular formula is C11H14BrClN2. The Kier molecular flexibility index (Phi) is 3.52. The van der Waals surface area contributed by atoms with Gasteiger partial charge in [-0.15, -0.1) is 11.6 Å². The first kappa shape index (κ1) is 11.2. The molecular weight excluding hydrogens is 275 g/mol. The number of aromatic nitrogens is 1. The molecule has 1 aliphatic rings. The number of nitrogens with zero attached hydrogens (tertiary/aromatic N) is 2. The molecule has 4 heteroatoms. The van der Waals surface area contributed by atoms with E-state index in [1.807, 2.05) is 12.3 Å². The summed E-state index contributed by atoms with van der Waals surface area (Å²) in [5.41, 5.74) is 1.10. The molecule has 15 heavy (non-hydrogen) atoms. The van der Waals surface area contributed by atoms with Gasteiger partial charge in [-0.05, 0) is 41.3 Å². The fourth-order valence-electron chi connectivity index (χ4n) is 1.84. The number of alkyl halides is 1. The van der Waals surface area contributed by atoms with Crippen molar-refractivity contribution >= 4 is 33.3 Å². The second kappa shape index (κ2) is 4.71. The largest absolute Gasteiger partial charge is 0.356 e. The van der Waals surface area contributed by atoms with Gasteiger partial charge >= 0.3 is 0 Å². The molecule has 2 rings (SSSR count). The van der Waals surface area contributed by atoms with E-state index in [-0.39, 0.29) is 0 Å². The molecule has 2 nitrogen and oxygen atoms in total. The van der Waals surface area contributed by atoms with Gasteiger partial charge in [0, 0.05) is 29.3 Å².